The lowest BCUT2D eigenvalue weighted by molar-refractivity contribution is -0.146. The Morgan fingerprint density at radius 1 is 0.800 bits per heavy atom. The zero-order chi connectivity index (χ0) is 21.6. The van der Waals surface area contributed by atoms with Crippen molar-refractivity contribution in [2.24, 2.45) is 5.92 Å². The van der Waals surface area contributed by atoms with Crippen molar-refractivity contribution in [1.82, 2.24) is 0 Å². The molecule has 0 aromatic heterocycles. The van der Waals surface area contributed by atoms with E-state index in [0.717, 1.165) is 11.1 Å². The summed E-state index contributed by atoms with van der Waals surface area (Å²) in [4.78, 5) is 23.3. The van der Waals surface area contributed by atoms with Gasteiger partial charge in [-0.1, -0.05) is 60.7 Å². The van der Waals surface area contributed by atoms with Crippen LogP contribution in [0.2, 0.25) is 0 Å². The van der Waals surface area contributed by atoms with Crippen LogP contribution in [0, 0.1) is 5.92 Å². The quantitative estimate of drug-likeness (QED) is 0.354. The second-order valence-corrected chi connectivity index (χ2v) is 7.26. The number of aliphatic hydroxyl groups excluding tert-OH is 1. The minimum absolute atomic E-state index is 0.194. The van der Waals surface area contributed by atoms with Gasteiger partial charge in [-0.05, 0) is 43.2 Å². The van der Waals surface area contributed by atoms with E-state index in [9.17, 15) is 19.8 Å². The number of hydrogen-bond donors (Lipinski definition) is 2. The Hall–Kier alpha value is -2.70. The van der Waals surface area contributed by atoms with Crippen LogP contribution in [0.5, 0.6) is 0 Å². The third kappa shape index (κ3) is 9.67. The second-order valence-electron chi connectivity index (χ2n) is 7.26. The fraction of sp³-hybridized carbons (Fsp3) is 0.417. The molecule has 30 heavy (non-hydrogen) atoms. The van der Waals surface area contributed by atoms with Crippen molar-refractivity contribution in [3.05, 3.63) is 71.8 Å². The van der Waals surface area contributed by atoms with Gasteiger partial charge < -0.3 is 19.7 Å². The van der Waals surface area contributed by atoms with Gasteiger partial charge >= 0.3 is 11.9 Å². The van der Waals surface area contributed by atoms with E-state index in [0.29, 0.717) is 38.7 Å². The van der Waals surface area contributed by atoms with Gasteiger partial charge in [-0.15, -0.1) is 0 Å². The minimum atomic E-state index is -0.924. The third-order valence-corrected chi connectivity index (χ3v) is 4.81. The van der Waals surface area contributed by atoms with E-state index in [1.807, 2.05) is 60.7 Å². The van der Waals surface area contributed by atoms with Crippen LogP contribution in [0.15, 0.2) is 60.7 Å². The maximum absolute atomic E-state index is 11.8. The molecule has 0 radical (unpaired) electrons. The molecule has 162 valence electrons. The van der Waals surface area contributed by atoms with Crippen molar-refractivity contribution < 1.29 is 29.3 Å². The molecule has 0 saturated carbocycles. The van der Waals surface area contributed by atoms with Crippen LogP contribution in [0.3, 0.4) is 0 Å². The van der Waals surface area contributed by atoms with Gasteiger partial charge in [0.2, 0.25) is 0 Å². The summed E-state index contributed by atoms with van der Waals surface area (Å²) in [6, 6.07) is 19.0. The summed E-state index contributed by atoms with van der Waals surface area (Å²) in [5, 5.41) is 19.3. The van der Waals surface area contributed by atoms with E-state index < -0.39 is 18.2 Å². The lowest BCUT2D eigenvalue weighted by Gasteiger charge is -2.15. The van der Waals surface area contributed by atoms with Gasteiger partial charge in [-0.3, -0.25) is 9.59 Å². The Kier molecular flexibility index (Phi) is 10.6. The van der Waals surface area contributed by atoms with Crippen LogP contribution in [0.25, 0.3) is 0 Å². The number of benzene rings is 2. The van der Waals surface area contributed by atoms with Gasteiger partial charge in [0.05, 0.1) is 12.5 Å². The Bertz CT molecular complexity index is 747. The van der Waals surface area contributed by atoms with Crippen LogP contribution in [0.1, 0.15) is 49.7 Å². The van der Waals surface area contributed by atoms with Gasteiger partial charge in [0, 0.05) is 6.42 Å². The molecule has 0 saturated heterocycles. The molecule has 0 fully saturated rings. The molecule has 6 heteroatoms. The van der Waals surface area contributed by atoms with E-state index in [1.165, 1.54) is 0 Å². The van der Waals surface area contributed by atoms with Gasteiger partial charge in [0.25, 0.3) is 0 Å². The highest BCUT2D eigenvalue weighted by Gasteiger charge is 2.18. The first kappa shape index (κ1) is 23.6. The van der Waals surface area contributed by atoms with E-state index in [1.54, 1.807) is 0 Å². The van der Waals surface area contributed by atoms with E-state index in [-0.39, 0.29) is 19.0 Å². The SMILES string of the molecule is O=C(CCCC(CCCC(O)OCc1ccccc1)C(=O)O)OCc1ccccc1. The summed E-state index contributed by atoms with van der Waals surface area (Å²) in [5.41, 5.74) is 1.89. The molecule has 0 aliphatic heterocycles. The molecule has 2 unspecified atom stereocenters. The smallest absolute Gasteiger partial charge is 0.306 e. The first-order valence-electron chi connectivity index (χ1n) is 10.3. The highest BCUT2D eigenvalue weighted by atomic mass is 16.6. The number of carbonyl (C=O) groups is 2. The van der Waals surface area contributed by atoms with E-state index in [2.05, 4.69) is 0 Å². The second kappa shape index (κ2) is 13.5. The normalized spacial score (nSPS) is 12.8. The third-order valence-electron chi connectivity index (χ3n) is 4.81. The monoisotopic (exact) mass is 414 g/mol. The number of carbonyl (C=O) groups excluding carboxylic acids is 1. The van der Waals surface area contributed by atoms with Crippen molar-refractivity contribution in [2.45, 2.75) is 58.0 Å². The van der Waals surface area contributed by atoms with Crippen LogP contribution >= 0.6 is 0 Å². The number of hydrogen-bond acceptors (Lipinski definition) is 5. The summed E-state index contributed by atoms with van der Waals surface area (Å²) >= 11 is 0. The molecular weight excluding hydrogens is 384 g/mol. The van der Waals surface area contributed by atoms with Gasteiger partial charge in [0.15, 0.2) is 6.29 Å². The molecule has 0 amide bonds. The first-order chi connectivity index (χ1) is 14.5. The minimum Gasteiger partial charge on any atom is -0.481 e. The van der Waals surface area contributed by atoms with Crippen molar-refractivity contribution in [2.75, 3.05) is 0 Å². The first-order valence-corrected chi connectivity index (χ1v) is 10.3. The lowest BCUT2D eigenvalue weighted by atomic mass is 9.96. The summed E-state index contributed by atoms with van der Waals surface area (Å²) in [5.74, 6) is -1.76. The van der Waals surface area contributed by atoms with Crippen LogP contribution < -0.4 is 0 Å². The molecule has 2 aromatic carbocycles. The molecular formula is C24H30O6. The van der Waals surface area contributed by atoms with Gasteiger partial charge in [-0.25, -0.2) is 0 Å². The Morgan fingerprint density at radius 2 is 1.37 bits per heavy atom. The number of aliphatic carboxylic acids is 1. The molecule has 6 nitrogen and oxygen atoms in total. The number of esters is 1. The Labute approximate surface area is 177 Å². The molecule has 0 aliphatic rings. The van der Waals surface area contributed by atoms with Gasteiger partial charge in [-0.2, -0.15) is 0 Å². The van der Waals surface area contributed by atoms with E-state index in [4.69, 9.17) is 9.47 Å². The predicted molar refractivity (Wildman–Crippen MR) is 112 cm³/mol. The molecule has 2 rings (SSSR count). The number of ether oxygens (including phenoxy) is 2. The van der Waals surface area contributed by atoms with Crippen molar-refractivity contribution in [3.63, 3.8) is 0 Å². The number of aliphatic hydroxyl groups is 1. The molecule has 0 spiro atoms. The summed E-state index contributed by atoms with van der Waals surface area (Å²) < 4.78 is 10.6. The topological polar surface area (TPSA) is 93.1 Å². The molecule has 2 N–H and O–H groups in total. The van der Waals surface area contributed by atoms with Gasteiger partial charge in [0.1, 0.15) is 6.61 Å². The largest absolute Gasteiger partial charge is 0.481 e. The number of rotatable bonds is 14. The predicted octanol–water partition coefficient (Wildman–Crippen LogP) is 4.31. The maximum Gasteiger partial charge on any atom is 0.306 e. The Morgan fingerprint density at radius 3 is 1.97 bits per heavy atom. The number of carboxylic acid groups (broad SMARTS) is 1. The molecule has 0 bridgehead atoms. The fourth-order valence-electron chi connectivity index (χ4n) is 3.08. The molecule has 0 heterocycles. The standard InChI is InChI=1S/C24H30O6/c25-22(29-17-19-9-3-1-4-10-19)15-7-13-21(24(27)28)14-8-16-23(26)30-18-20-11-5-2-6-12-20/h1-6,9-12,21-22,25H,7-8,13-18H2,(H,27,28). The zero-order valence-electron chi connectivity index (χ0n) is 17.1. The Balaban J connectivity index is 1.59. The van der Waals surface area contributed by atoms with Crippen LogP contribution in [-0.4, -0.2) is 28.4 Å². The summed E-state index contributed by atoms with van der Waals surface area (Å²) in [6.07, 6.45) is 1.46. The summed E-state index contributed by atoms with van der Waals surface area (Å²) in [6.45, 7) is 0.540. The molecule has 2 aromatic rings. The average molecular weight is 414 g/mol. The van der Waals surface area contributed by atoms with Crippen molar-refractivity contribution in [1.29, 1.82) is 0 Å². The number of carboxylic acids is 1. The average Bonchev–Trinajstić information content (AvgIpc) is 2.76. The highest BCUT2D eigenvalue weighted by molar-refractivity contribution is 5.71. The highest BCUT2D eigenvalue weighted by Crippen LogP contribution is 2.18. The lowest BCUT2D eigenvalue weighted by Crippen LogP contribution is -2.17. The maximum atomic E-state index is 11.8. The van der Waals surface area contributed by atoms with Crippen molar-refractivity contribution in [3.8, 4) is 0 Å². The van der Waals surface area contributed by atoms with Crippen LogP contribution in [-0.2, 0) is 32.3 Å². The fourth-order valence-corrected chi connectivity index (χ4v) is 3.08. The zero-order valence-corrected chi connectivity index (χ0v) is 17.1. The van der Waals surface area contributed by atoms with E-state index >= 15 is 0 Å². The molecule has 2 atom stereocenters. The summed E-state index contributed by atoms with van der Waals surface area (Å²) in [7, 11) is 0. The molecule has 0 aliphatic carbocycles. The van der Waals surface area contributed by atoms with Crippen LogP contribution in [0.4, 0.5) is 0 Å². The van der Waals surface area contributed by atoms with Crippen molar-refractivity contribution >= 4 is 11.9 Å².